The van der Waals surface area contributed by atoms with Crippen LogP contribution in [-0.4, -0.2) is 44.4 Å². The summed E-state index contributed by atoms with van der Waals surface area (Å²) in [5.41, 5.74) is 4.13. The normalized spacial score (nSPS) is 11.3. The topological polar surface area (TPSA) is 116 Å². The number of aromatic carboxylic acids is 1. The molecule has 2 rings (SSSR count). The predicted molar refractivity (Wildman–Crippen MR) is 103 cm³/mol. The van der Waals surface area contributed by atoms with Crippen molar-refractivity contribution >= 4 is 33.8 Å². The standard InChI is InChI=1S/C18H19N3O5S/c1-13-5-3-4-6-16(13)21(27(2,25)26)12-17(22)20-19-11-14-7-9-15(10-8-14)18(23)24/h3-11H,12H2,1-2H3,(H,20,22)(H,23,24)/b19-11-. The summed E-state index contributed by atoms with van der Waals surface area (Å²) >= 11 is 0. The molecule has 2 aromatic carbocycles. The number of amides is 1. The van der Waals surface area contributed by atoms with Gasteiger partial charge in [0.2, 0.25) is 10.0 Å². The van der Waals surface area contributed by atoms with E-state index in [0.717, 1.165) is 16.1 Å². The van der Waals surface area contributed by atoms with Crippen LogP contribution in [0.3, 0.4) is 0 Å². The van der Waals surface area contributed by atoms with Crippen LogP contribution < -0.4 is 9.73 Å². The number of hydrazone groups is 1. The van der Waals surface area contributed by atoms with E-state index in [0.29, 0.717) is 11.3 Å². The molecule has 9 heteroatoms. The number of carbonyl (C=O) groups is 2. The second-order valence-corrected chi connectivity index (χ2v) is 7.68. The third-order valence-electron chi connectivity index (χ3n) is 3.63. The van der Waals surface area contributed by atoms with E-state index in [2.05, 4.69) is 10.5 Å². The summed E-state index contributed by atoms with van der Waals surface area (Å²) in [5.74, 6) is -1.65. The minimum absolute atomic E-state index is 0.137. The van der Waals surface area contributed by atoms with Crippen molar-refractivity contribution in [1.29, 1.82) is 0 Å². The van der Waals surface area contributed by atoms with Gasteiger partial charge in [-0.2, -0.15) is 5.10 Å². The Balaban J connectivity index is 2.06. The molecule has 0 fully saturated rings. The number of para-hydroxylation sites is 1. The fourth-order valence-electron chi connectivity index (χ4n) is 2.28. The van der Waals surface area contributed by atoms with E-state index < -0.39 is 28.4 Å². The summed E-state index contributed by atoms with van der Waals surface area (Å²) in [7, 11) is -3.66. The molecule has 0 aliphatic heterocycles. The monoisotopic (exact) mass is 389 g/mol. The fraction of sp³-hybridized carbons (Fsp3) is 0.167. The van der Waals surface area contributed by atoms with Crippen LogP contribution in [-0.2, 0) is 14.8 Å². The minimum Gasteiger partial charge on any atom is -0.478 e. The number of rotatable bonds is 7. The van der Waals surface area contributed by atoms with Gasteiger partial charge < -0.3 is 5.11 Å². The summed E-state index contributed by atoms with van der Waals surface area (Å²) in [6.07, 6.45) is 2.36. The Morgan fingerprint density at radius 3 is 2.33 bits per heavy atom. The first-order chi connectivity index (χ1) is 12.7. The van der Waals surface area contributed by atoms with Crippen molar-refractivity contribution < 1.29 is 23.1 Å². The second-order valence-electron chi connectivity index (χ2n) is 5.78. The Kier molecular flexibility index (Phi) is 6.30. The van der Waals surface area contributed by atoms with Gasteiger partial charge in [0, 0.05) is 0 Å². The number of nitrogens with one attached hydrogen (secondary N) is 1. The molecule has 1 amide bonds. The highest BCUT2D eigenvalue weighted by Crippen LogP contribution is 2.21. The number of hydrogen-bond donors (Lipinski definition) is 2. The van der Waals surface area contributed by atoms with Crippen LogP contribution in [0, 0.1) is 6.92 Å². The van der Waals surface area contributed by atoms with Gasteiger partial charge in [-0.3, -0.25) is 9.10 Å². The van der Waals surface area contributed by atoms with Gasteiger partial charge in [-0.25, -0.2) is 18.6 Å². The van der Waals surface area contributed by atoms with E-state index in [4.69, 9.17) is 5.11 Å². The summed E-state index contributed by atoms with van der Waals surface area (Å²) in [6, 6.07) is 12.7. The molecule has 0 aliphatic rings. The van der Waals surface area contributed by atoms with Crippen molar-refractivity contribution in [3.05, 3.63) is 65.2 Å². The largest absolute Gasteiger partial charge is 0.478 e. The first-order valence-corrected chi connectivity index (χ1v) is 9.72. The number of aryl methyl sites for hydroxylation is 1. The number of benzene rings is 2. The number of anilines is 1. The molecule has 0 aliphatic carbocycles. The zero-order valence-electron chi connectivity index (χ0n) is 14.8. The summed E-state index contributed by atoms with van der Waals surface area (Å²) in [6.45, 7) is 1.34. The highest BCUT2D eigenvalue weighted by atomic mass is 32.2. The number of carbonyl (C=O) groups excluding carboxylic acids is 1. The van der Waals surface area contributed by atoms with Crippen molar-refractivity contribution in [3.8, 4) is 0 Å². The molecule has 0 aromatic heterocycles. The third kappa shape index (κ3) is 5.65. The molecule has 0 saturated carbocycles. The van der Waals surface area contributed by atoms with Crippen LogP contribution in [0.5, 0.6) is 0 Å². The Hall–Kier alpha value is -3.20. The second kappa shape index (κ2) is 8.45. The van der Waals surface area contributed by atoms with Crippen molar-refractivity contribution in [2.24, 2.45) is 5.10 Å². The van der Waals surface area contributed by atoms with Crippen LogP contribution in [0.1, 0.15) is 21.5 Å². The summed E-state index contributed by atoms with van der Waals surface area (Å²) in [5, 5.41) is 12.6. The average molecular weight is 389 g/mol. The number of hydrogen-bond acceptors (Lipinski definition) is 5. The van der Waals surface area contributed by atoms with Crippen molar-refractivity contribution in [1.82, 2.24) is 5.43 Å². The van der Waals surface area contributed by atoms with Crippen molar-refractivity contribution in [2.75, 3.05) is 17.1 Å². The van der Waals surface area contributed by atoms with Crippen LogP contribution >= 0.6 is 0 Å². The average Bonchev–Trinajstić information content (AvgIpc) is 2.60. The predicted octanol–water partition coefficient (Wildman–Crippen LogP) is 1.61. The Labute approximate surface area is 157 Å². The zero-order chi connectivity index (χ0) is 20.0. The lowest BCUT2D eigenvalue weighted by molar-refractivity contribution is -0.119. The SMILES string of the molecule is Cc1ccccc1N(CC(=O)N/N=C\c1ccc(C(=O)O)cc1)S(C)(=O)=O. The van der Waals surface area contributed by atoms with Crippen LogP contribution in [0.15, 0.2) is 53.6 Å². The molecule has 0 saturated heterocycles. The Morgan fingerprint density at radius 1 is 1.15 bits per heavy atom. The molecule has 0 bridgehead atoms. The van der Waals surface area contributed by atoms with Crippen molar-refractivity contribution in [3.63, 3.8) is 0 Å². The lowest BCUT2D eigenvalue weighted by atomic mass is 10.1. The van der Waals surface area contributed by atoms with E-state index in [9.17, 15) is 18.0 Å². The van der Waals surface area contributed by atoms with Gasteiger partial charge in [0.1, 0.15) is 6.54 Å². The molecular formula is C18H19N3O5S. The molecule has 8 nitrogen and oxygen atoms in total. The number of nitrogens with zero attached hydrogens (tertiary/aromatic N) is 2. The molecule has 0 radical (unpaired) electrons. The number of sulfonamides is 1. The molecule has 2 N–H and O–H groups in total. The van der Waals surface area contributed by atoms with Crippen molar-refractivity contribution in [2.45, 2.75) is 6.92 Å². The van der Waals surface area contributed by atoms with Crippen LogP contribution in [0.2, 0.25) is 0 Å². The lowest BCUT2D eigenvalue weighted by Gasteiger charge is -2.23. The van der Waals surface area contributed by atoms with E-state index in [-0.39, 0.29) is 5.56 Å². The molecule has 0 atom stereocenters. The highest BCUT2D eigenvalue weighted by molar-refractivity contribution is 7.92. The summed E-state index contributed by atoms with van der Waals surface area (Å²) < 4.78 is 25.1. The number of carboxylic acid groups (broad SMARTS) is 1. The summed E-state index contributed by atoms with van der Waals surface area (Å²) in [4.78, 5) is 22.9. The quantitative estimate of drug-likeness (QED) is 0.551. The molecule has 2 aromatic rings. The Morgan fingerprint density at radius 2 is 1.78 bits per heavy atom. The van der Waals surface area contributed by atoms with Gasteiger partial charge in [0.25, 0.3) is 5.91 Å². The highest BCUT2D eigenvalue weighted by Gasteiger charge is 2.21. The maximum Gasteiger partial charge on any atom is 0.335 e. The molecular weight excluding hydrogens is 370 g/mol. The van der Waals surface area contributed by atoms with Crippen LogP contribution in [0.4, 0.5) is 5.69 Å². The third-order valence-corrected chi connectivity index (χ3v) is 4.76. The molecule has 0 spiro atoms. The van der Waals surface area contributed by atoms with Gasteiger partial charge in [0.15, 0.2) is 0 Å². The number of carboxylic acids is 1. The van der Waals surface area contributed by atoms with E-state index in [1.165, 1.54) is 30.5 Å². The van der Waals surface area contributed by atoms with Gasteiger partial charge in [-0.15, -0.1) is 0 Å². The smallest absolute Gasteiger partial charge is 0.335 e. The van der Waals surface area contributed by atoms with Gasteiger partial charge in [-0.1, -0.05) is 30.3 Å². The van der Waals surface area contributed by atoms with E-state index in [1.54, 1.807) is 31.2 Å². The molecule has 27 heavy (non-hydrogen) atoms. The van der Waals surface area contributed by atoms with Gasteiger partial charge in [-0.05, 0) is 36.2 Å². The lowest BCUT2D eigenvalue weighted by Crippen LogP contribution is -2.39. The molecule has 142 valence electrons. The molecule has 0 unspecified atom stereocenters. The minimum atomic E-state index is -3.66. The Bertz CT molecular complexity index is 969. The van der Waals surface area contributed by atoms with E-state index >= 15 is 0 Å². The fourth-order valence-corrected chi connectivity index (χ4v) is 3.19. The van der Waals surface area contributed by atoms with E-state index in [1.807, 2.05) is 0 Å². The zero-order valence-corrected chi connectivity index (χ0v) is 15.6. The first-order valence-electron chi connectivity index (χ1n) is 7.87. The maximum atomic E-state index is 12.1. The van der Waals surface area contributed by atoms with Gasteiger partial charge >= 0.3 is 5.97 Å². The van der Waals surface area contributed by atoms with Gasteiger partial charge in [0.05, 0.1) is 23.7 Å². The first kappa shape index (κ1) is 20.1. The maximum absolute atomic E-state index is 12.1. The van der Waals surface area contributed by atoms with Crippen LogP contribution in [0.25, 0.3) is 0 Å². The molecule has 0 heterocycles.